The molecule has 5 heterocycles. The molecule has 2 fully saturated rings. The lowest BCUT2D eigenvalue weighted by Gasteiger charge is -2.35. The Bertz CT molecular complexity index is 2320. The number of rotatable bonds is 23. The minimum absolute atomic E-state index is 0.0471. The van der Waals surface area contributed by atoms with Crippen LogP contribution in [0, 0.1) is 13.8 Å². The number of piperidine rings is 1. The standard InChI is InChI=1S/C44H52ClN9O10S/c1-28-6-3-8-31(45)39(28)51-41(57)34-27-46-44(65-34)49-35-26-36(48-29(2)47-35)53-15-13-52(14-16-53)12-5-17-60-18-19-61-20-21-62-22-23-63-24-25-64-33-9-4-7-30-38(33)43(59)54(42(30)58)32-10-11-37(55)50-40(32)56/h3-4,6-9,26-27,32H,5,10-25H2,1-2H3,(H,51,57)(H,50,55,56)(H,46,47,48,49). The third kappa shape index (κ3) is 12.6. The van der Waals surface area contributed by atoms with Gasteiger partial charge >= 0.3 is 0 Å². The fourth-order valence-electron chi connectivity index (χ4n) is 7.46. The van der Waals surface area contributed by atoms with Gasteiger partial charge in [0.1, 0.15) is 40.7 Å². The first-order valence-corrected chi connectivity index (χ1v) is 22.7. The van der Waals surface area contributed by atoms with Gasteiger partial charge in [0.25, 0.3) is 17.7 Å². The summed E-state index contributed by atoms with van der Waals surface area (Å²) in [4.78, 5) is 82.6. The number of ether oxygens (including phenoxy) is 5. The second-order valence-corrected chi connectivity index (χ2v) is 16.7. The highest BCUT2D eigenvalue weighted by atomic mass is 35.5. The van der Waals surface area contributed by atoms with Crippen LogP contribution in [-0.2, 0) is 28.5 Å². The summed E-state index contributed by atoms with van der Waals surface area (Å²) in [6.45, 7) is 11.6. The zero-order valence-corrected chi connectivity index (χ0v) is 37.8. The summed E-state index contributed by atoms with van der Waals surface area (Å²) in [5, 5.41) is 9.33. The van der Waals surface area contributed by atoms with Gasteiger partial charge in [0.15, 0.2) is 5.13 Å². The average molecular weight is 934 g/mol. The second kappa shape index (κ2) is 23.0. The van der Waals surface area contributed by atoms with E-state index in [1.807, 2.05) is 32.0 Å². The zero-order valence-electron chi connectivity index (χ0n) is 36.3. The largest absolute Gasteiger partial charge is 0.490 e. The third-order valence-electron chi connectivity index (χ3n) is 10.7. The van der Waals surface area contributed by atoms with E-state index in [1.54, 1.807) is 18.2 Å². The summed E-state index contributed by atoms with van der Waals surface area (Å²) in [6, 6.07) is 11.0. The average Bonchev–Trinajstić information content (AvgIpc) is 3.86. The van der Waals surface area contributed by atoms with Crippen molar-refractivity contribution in [2.75, 3.05) is 108 Å². The summed E-state index contributed by atoms with van der Waals surface area (Å²) >= 11 is 7.52. The molecule has 0 spiro atoms. The number of halogens is 1. The van der Waals surface area contributed by atoms with Crippen molar-refractivity contribution in [2.45, 2.75) is 39.2 Å². The van der Waals surface area contributed by atoms with Crippen molar-refractivity contribution in [2.24, 2.45) is 0 Å². The highest BCUT2D eigenvalue weighted by molar-refractivity contribution is 7.17. The molecule has 21 heteroatoms. The number of piperazine rings is 1. The molecule has 1 atom stereocenters. The van der Waals surface area contributed by atoms with E-state index >= 15 is 0 Å². The van der Waals surface area contributed by atoms with Crippen LogP contribution in [0.2, 0.25) is 5.02 Å². The minimum Gasteiger partial charge on any atom is -0.490 e. The molecule has 3 N–H and O–H groups in total. The van der Waals surface area contributed by atoms with Crippen LogP contribution in [0.3, 0.4) is 0 Å². The van der Waals surface area contributed by atoms with Gasteiger partial charge in [-0.25, -0.2) is 15.0 Å². The molecule has 2 aromatic carbocycles. The molecule has 19 nitrogen and oxygen atoms in total. The van der Waals surface area contributed by atoms with E-state index in [0.717, 1.165) is 55.4 Å². The van der Waals surface area contributed by atoms with Gasteiger partial charge in [-0.2, -0.15) is 0 Å². The van der Waals surface area contributed by atoms with Gasteiger partial charge in [0.2, 0.25) is 11.8 Å². The Morgan fingerprint density at radius 1 is 0.862 bits per heavy atom. The van der Waals surface area contributed by atoms with Crippen LogP contribution in [0.4, 0.5) is 22.5 Å². The Kier molecular flexibility index (Phi) is 16.8. The molecule has 1 unspecified atom stereocenters. The fourth-order valence-corrected chi connectivity index (χ4v) is 8.44. The van der Waals surface area contributed by atoms with Crippen LogP contribution in [0.1, 0.15) is 61.0 Å². The number of carbonyl (C=O) groups is 5. The van der Waals surface area contributed by atoms with Gasteiger partial charge in [-0.05, 0) is 50.5 Å². The molecule has 5 amide bonds. The molecule has 346 valence electrons. The van der Waals surface area contributed by atoms with Crippen LogP contribution in [0.15, 0.2) is 48.7 Å². The second-order valence-electron chi connectivity index (χ2n) is 15.3. The van der Waals surface area contributed by atoms with Crippen molar-refractivity contribution in [3.63, 3.8) is 0 Å². The molecule has 3 aliphatic heterocycles. The Morgan fingerprint density at radius 3 is 2.26 bits per heavy atom. The van der Waals surface area contributed by atoms with Gasteiger partial charge in [0, 0.05) is 51.8 Å². The number of aromatic nitrogens is 3. The highest BCUT2D eigenvalue weighted by Gasteiger charge is 2.46. The van der Waals surface area contributed by atoms with E-state index in [9.17, 15) is 24.0 Å². The number of benzene rings is 2. The topological polar surface area (TPSA) is 216 Å². The minimum atomic E-state index is -1.04. The number of nitrogens with one attached hydrogen (secondary N) is 3. The molecular formula is C44H52ClN9O10S. The number of imide groups is 2. The molecular weight excluding hydrogens is 882 g/mol. The molecule has 0 radical (unpaired) electrons. The number of nitrogens with zero attached hydrogens (tertiary/aromatic N) is 6. The van der Waals surface area contributed by atoms with E-state index in [0.29, 0.717) is 78.6 Å². The van der Waals surface area contributed by atoms with Crippen molar-refractivity contribution < 1.29 is 47.7 Å². The predicted octanol–water partition coefficient (Wildman–Crippen LogP) is 4.26. The maximum atomic E-state index is 13.2. The molecule has 2 aromatic heterocycles. The Labute approximate surface area is 385 Å². The summed E-state index contributed by atoms with van der Waals surface area (Å²) < 4.78 is 28.3. The molecule has 3 aliphatic rings. The van der Waals surface area contributed by atoms with E-state index < -0.39 is 29.7 Å². The number of para-hydroxylation sites is 1. The number of fused-ring (bicyclic) bond motifs is 1. The van der Waals surface area contributed by atoms with E-state index in [4.69, 9.17) is 35.3 Å². The van der Waals surface area contributed by atoms with Gasteiger partial charge in [-0.1, -0.05) is 41.1 Å². The van der Waals surface area contributed by atoms with E-state index in [1.165, 1.54) is 23.6 Å². The first kappa shape index (κ1) is 47.4. The summed E-state index contributed by atoms with van der Waals surface area (Å²) in [5.74, 6) is -0.285. The number of aryl methyl sites for hydroxylation is 2. The molecule has 4 aromatic rings. The van der Waals surface area contributed by atoms with Gasteiger partial charge < -0.3 is 39.2 Å². The Morgan fingerprint density at radius 2 is 1.55 bits per heavy atom. The van der Waals surface area contributed by atoms with Crippen LogP contribution in [-0.4, -0.2) is 153 Å². The molecule has 0 aliphatic carbocycles. The van der Waals surface area contributed by atoms with Crippen molar-refractivity contribution in [1.29, 1.82) is 0 Å². The highest BCUT2D eigenvalue weighted by Crippen LogP contribution is 2.34. The number of carbonyl (C=O) groups excluding carboxylic acids is 5. The molecule has 2 saturated heterocycles. The lowest BCUT2D eigenvalue weighted by molar-refractivity contribution is -0.136. The number of amides is 5. The third-order valence-corrected chi connectivity index (χ3v) is 12.0. The van der Waals surface area contributed by atoms with Crippen molar-refractivity contribution in [3.05, 3.63) is 81.1 Å². The smallest absolute Gasteiger partial charge is 0.267 e. The first-order valence-electron chi connectivity index (χ1n) is 21.5. The molecule has 7 rings (SSSR count). The number of anilines is 4. The van der Waals surface area contributed by atoms with Gasteiger partial charge in [-0.15, -0.1) is 0 Å². The molecule has 0 bridgehead atoms. The molecule has 0 saturated carbocycles. The van der Waals surface area contributed by atoms with Crippen LogP contribution >= 0.6 is 22.9 Å². The summed E-state index contributed by atoms with van der Waals surface area (Å²) in [6.07, 6.45) is 2.57. The van der Waals surface area contributed by atoms with Crippen molar-refractivity contribution in [1.82, 2.24) is 30.1 Å². The summed E-state index contributed by atoms with van der Waals surface area (Å²) in [5.41, 5.74) is 1.71. The lowest BCUT2D eigenvalue weighted by atomic mass is 10.0. The van der Waals surface area contributed by atoms with Gasteiger partial charge in [0.05, 0.1) is 74.3 Å². The van der Waals surface area contributed by atoms with Crippen LogP contribution in [0.25, 0.3) is 0 Å². The van der Waals surface area contributed by atoms with E-state index in [-0.39, 0.29) is 48.8 Å². The van der Waals surface area contributed by atoms with Crippen molar-refractivity contribution in [3.8, 4) is 5.75 Å². The maximum Gasteiger partial charge on any atom is 0.267 e. The van der Waals surface area contributed by atoms with Gasteiger partial charge in [-0.3, -0.25) is 39.1 Å². The number of thiazole rings is 1. The first-order chi connectivity index (χ1) is 31.5. The van der Waals surface area contributed by atoms with Crippen molar-refractivity contribution >= 4 is 74.9 Å². The lowest BCUT2D eigenvalue weighted by Crippen LogP contribution is -2.54. The predicted molar refractivity (Wildman–Crippen MR) is 241 cm³/mol. The quantitative estimate of drug-likeness (QED) is 0.0700. The summed E-state index contributed by atoms with van der Waals surface area (Å²) in [7, 11) is 0. The Hall–Kier alpha value is -5.61. The number of hydrogen-bond acceptors (Lipinski definition) is 17. The number of hydrogen-bond donors (Lipinski definition) is 3. The SMILES string of the molecule is Cc1nc(Nc2ncc(C(=O)Nc3c(C)cccc3Cl)s2)cc(N2CCN(CCCOCCOCCOCCOCCOc3cccc4c3C(=O)N(C3CCC(=O)NC3=O)C4=O)CC2)n1. The Balaban J connectivity index is 0.689. The van der Waals surface area contributed by atoms with Crippen LogP contribution in [0.5, 0.6) is 5.75 Å². The normalized spacial score (nSPS) is 16.5. The zero-order chi connectivity index (χ0) is 45.7. The van der Waals surface area contributed by atoms with Crippen LogP contribution < -0.4 is 25.6 Å². The molecule has 65 heavy (non-hydrogen) atoms. The maximum absolute atomic E-state index is 13.2. The fraction of sp³-hybridized carbons (Fsp3) is 0.455. The van der Waals surface area contributed by atoms with E-state index in [2.05, 4.69) is 40.7 Å². The monoisotopic (exact) mass is 933 g/mol.